The summed E-state index contributed by atoms with van der Waals surface area (Å²) in [6.07, 6.45) is 0. The van der Waals surface area contributed by atoms with Crippen LogP contribution in [0.1, 0.15) is 0 Å². The van der Waals surface area contributed by atoms with E-state index in [1.165, 1.54) is 10.8 Å². The number of aromatic nitrogens is 4. The maximum absolute atomic E-state index is 6.50. The van der Waals surface area contributed by atoms with Crippen LogP contribution >= 0.6 is 0 Å². The van der Waals surface area contributed by atoms with Gasteiger partial charge in [0.05, 0.1) is 22.3 Å². The van der Waals surface area contributed by atoms with Crippen molar-refractivity contribution in [1.29, 1.82) is 0 Å². The van der Waals surface area contributed by atoms with Crippen LogP contribution in [-0.2, 0) is 0 Å². The topological polar surface area (TPSA) is 69.9 Å². The van der Waals surface area contributed by atoms with Crippen LogP contribution in [0.25, 0.3) is 106 Å². The zero-order valence-corrected chi connectivity index (χ0v) is 27.1. The van der Waals surface area contributed by atoms with Crippen molar-refractivity contribution in [1.82, 2.24) is 19.5 Å². The molecule has 0 aliphatic rings. The smallest absolute Gasteiger partial charge is 0.167 e. The Hall–Kier alpha value is -7.05. The van der Waals surface area contributed by atoms with Crippen molar-refractivity contribution in [3.05, 3.63) is 158 Å². The molecule has 11 rings (SSSR count). The molecule has 4 heterocycles. The maximum atomic E-state index is 6.50. The van der Waals surface area contributed by atoms with Crippen molar-refractivity contribution in [3.8, 4) is 39.9 Å². The first-order valence-corrected chi connectivity index (χ1v) is 17.0. The highest BCUT2D eigenvalue weighted by Gasteiger charge is 2.22. The first-order chi connectivity index (χ1) is 25.3. The average Bonchev–Trinajstić information content (AvgIpc) is 3.87. The zero-order chi connectivity index (χ0) is 33.5. The molecule has 6 nitrogen and oxygen atoms in total. The van der Waals surface area contributed by atoms with Gasteiger partial charge in [-0.15, -0.1) is 0 Å². The first kappa shape index (κ1) is 27.9. The average molecular weight is 655 g/mol. The largest absolute Gasteiger partial charge is 0.456 e. The van der Waals surface area contributed by atoms with E-state index in [2.05, 4.69) is 95.6 Å². The van der Waals surface area contributed by atoms with Crippen LogP contribution in [0.15, 0.2) is 167 Å². The zero-order valence-electron chi connectivity index (χ0n) is 27.1. The van der Waals surface area contributed by atoms with E-state index in [9.17, 15) is 0 Å². The van der Waals surface area contributed by atoms with Gasteiger partial charge in [0.1, 0.15) is 22.3 Å². The molecule has 238 valence electrons. The van der Waals surface area contributed by atoms with Gasteiger partial charge in [0.15, 0.2) is 17.5 Å². The lowest BCUT2D eigenvalue weighted by Crippen LogP contribution is -2.03. The summed E-state index contributed by atoms with van der Waals surface area (Å²) >= 11 is 0. The van der Waals surface area contributed by atoms with E-state index < -0.39 is 0 Å². The van der Waals surface area contributed by atoms with Gasteiger partial charge in [0.2, 0.25) is 0 Å². The summed E-state index contributed by atoms with van der Waals surface area (Å²) in [5.41, 5.74) is 8.91. The molecule has 0 fully saturated rings. The van der Waals surface area contributed by atoms with E-state index in [1.807, 2.05) is 66.7 Å². The summed E-state index contributed by atoms with van der Waals surface area (Å²) in [5, 5.41) is 6.42. The van der Waals surface area contributed by atoms with Gasteiger partial charge in [0.25, 0.3) is 0 Å². The van der Waals surface area contributed by atoms with E-state index in [4.69, 9.17) is 23.8 Å². The molecular weight excluding hydrogens is 629 g/mol. The van der Waals surface area contributed by atoms with E-state index in [0.717, 1.165) is 77.3 Å². The summed E-state index contributed by atoms with van der Waals surface area (Å²) in [6, 6.07) is 53.8. The molecule has 0 amide bonds. The fraction of sp³-hybridized carbons (Fsp3) is 0. The van der Waals surface area contributed by atoms with E-state index in [-0.39, 0.29) is 0 Å². The second-order valence-corrected chi connectivity index (χ2v) is 12.8. The van der Waals surface area contributed by atoms with Crippen LogP contribution in [0.2, 0.25) is 0 Å². The van der Waals surface area contributed by atoms with Crippen molar-refractivity contribution in [2.24, 2.45) is 0 Å². The van der Waals surface area contributed by atoms with Gasteiger partial charge >= 0.3 is 0 Å². The summed E-state index contributed by atoms with van der Waals surface area (Å²) in [7, 11) is 0. The molecule has 0 saturated carbocycles. The minimum Gasteiger partial charge on any atom is -0.456 e. The Morgan fingerprint density at radius 2 is 0.843 bits per heavy atom. The summed E-state index contributed by atoms with van der Waals surface area (Å²) in [6.45, 7) is 0. The normalized spacial score (nSPS) is 11.9. The molecule has 6 heteroatoms. The Balaban J connectivity index is 1.23. The van der Waals surface area contributed by atoms with Crippen molar-refractivity contribution in [2.45, 2.75) is 0 Å². The molecule has 0 spiro atoms. The SMILES string of the molecule is c1ccc(-n2c3ccccc3c3ccccc32)c(-c2nc(-c3cccc4c3oc3ccccc34)nc(-c3cccc4oc5ccccc5c34)n2)c1. The first-order valence-electron chi connectivity index (χ1n) is 17.0. The number of hydrogen-bond donors (Lipinski definition) is 0. The lowest BCUT2D eigenvalue weighted by atomic mass is 10.0. The molecule has 11 aromatic rings. The highest BCUT2D eigenvalue weighted by atomic mass is 16.3. The van der Waals surface area contributed by atoms with Crippen molar-refractivity contribution in [2.75, 3.05) is 0 Å². The maximum Gasteiger partial charge on any atom is 0.167 e. The Bertz CT molecular complexity index is 3110. The van der Waals surface area contributed by atoms with E-state index >= 15 is 0 Å². The number of hydrogen-bond acceptors (Lipinski definition) is 5. The number of rotatable bonds is 4. The van der Waals surface area contributed by atoms with Crippen LogP contribution in [0.4, 0.5) is 0 Å². The number of para-hydroxylation sites is 6. The molecule has 7 aromatic carbocycles. The lowest BCUT2D eigenvalue weighted by Gasteiger charge is -2.14. The summed E-state index contributed by atoms with van der Waals surface area (Å²) in [4.78, 5) is 15.8. The van der Waals surface area contributed by atoms with E-state index in [1.54, 1.807) is 0 Å². The second-order valence-electron chi connectivity index (χ2n) is 12.8. The van der Waals surface area contributed by atoms with Crippen LogP contribution in [0.5, 0.6) is 0 Å². The third-order valence-corrected chi connectivity index (χ3v) is 9.89. The molecule has 0 atom stereocenters. The van der Waals surface area contributed by atoms with Gasteiger partial charge in [0, 0.05) is 43.4 Å². The molecule has 0 aliphatic heterocycles. The highest BCUT2D eigenvalue weighted by Crippen LogP contribution is 2.40. The number of fused-ring (bicyclic) bond motifs is 9. The third kappa shape index (κ3) is 4.14. The van der Waals surface area contributed by atoms with Crippen LogP contribution in [-0.4, -0.2) is 19.5 Å². The van der Waals surface area contributed by atoms with Crippen molar-refractivity contribution in [3.63, 3.8) is 0 Å². The predicted molar refractivity (Wildman–Crippen MR) is 205 cm³/mol. The van der Waals surface area contributed by atoms with Gasteiger partial charge in [-0.05, 0) is 48.5 Å². The monoisotopic (exact) mass is 654 g/mol. The molecule has 0 bridgehead atoms. The van der Waals surface area contributed by atoms with Gasteiger partial charge < -0.3 is 13.4 Å². The summed E-state index contributed by atoms with van der Waals surface area (Å²) < 4.78 is 15.1. The Kier molecular flexibility index (Phi) is 5.86. The second kappa shape index (κ2) is 10.7. The molecular formula is C45H26N4O2. The van der Waals surface area contributed by atoms with Gasteiger partial charge in [-0.25, -0.2) is 15.0 Å². The number of furan rings is 2. The molecule has 51 heavy (non-hydrogen) atoms. The Labute approximate surface area is 290 Å². The third-order valence-electron chi connectivity index (χ3n) is 9.89. The van der Waals surface area contributed by atoms with Gasteiger partial charge in [-0.3, -0.25) is 0 Å². The fourth-order valence-electron chi connectivity index (χ4n) is 7.66. The van der Waals surface area contributed by atoms with Crippen molar-refractivity contribution >= 4 is 65.7 Å². The lowest BCUT2D eigenvalue weighted by molar-refractivity contribution is 0.668. The molecule has 0 aliphatic carbocycles. The molecule has 0 saturated heterocycles. The van der Waals surface area contributed by atoms with E-state index in [0.29, 0.717) is 17.5 Å². The van der Waals surface area contributed by atoms with Crippen LogP contribution in [0, 0.1) is 0 Å². The highest BCUT2D eigenvalue weighted by molar-refractivity contribution is 6.13. The number of benzene rings is 7. The van der Waals surface area contributed by atoms with Gasteiger partial charge in [-0.1, -0.05) is 109 Å². The minimum atomic E-state index is 0.529. The number of nitrogens with zero attached hydrogens (tertiary/aromatic N) is 4. The molecule has 4 aromatic heterocycles. The van der Waals surface area contributed by atoms with Crippen molar-refractivity contribution < 1.29 is 8.83 Å². The quantitative estimate of drug-likeness (QED) is 0.189. The molecule has 0 radical (unpaired) electrons. The molecule has 0 unspecified atom stereocenters. The Morgan fingerprint density at radius 3 is 1.61 bits per heavy atom. The van der Waals surface area contributed by atoms with Gasteiger partial charge in [-0.2, -0.15) is 0 Å². The standard InChI is InChI=1S/C45H26N4O2/c1-6-21-35-27(13-1)28-14-2-7-22-36(28)49(35)37-23-8-3-16-31(37)43-46-44(33-19-12-26-40-41(33)32-17-5-10-25-39(32)50-40)48-45(47-43)34-20-11-18-30-29-15-4-9-24-38(29)51-42(30)34/h1-26H. The van der Waals surface area contributed by atoms with Crippen LogP contribution < -0.4 is 0 Å². The minimum absolute atomic E-state index is 0.529. The summed E-state index contributed by atoms with van der Waals surface area (Å²) in [5.74, 6) is 1.64. The fourth-order valence-corrected chi connectivity index (χ4v) is 7.66. The Morgan fingerprint density at radius 1 is 0.353 bits per heavy atom. The van der Waals surface area contributed by atoms with Crippen LogP contribution in [0.3, 0.4) is 0 Å². The predicted octanol–water partition coefficient (Wildman–Crippen LogP) is 11.8. The molecule has 0 N–H and O–H groups in total.